The first kappa shape index (κ1) is 13.6. The molecule has 0 unspecified atom stereocenters. The number of benzene rings is 1. The van der Waals surface area contributed by atoms with Crippen molar-refractivity contribution in [1.82, 2.24) is 9.97 Å². The van der Waals surface area contributed by atoms with Gasteiger partial charge in [-0.15, -0.1) is 0 Å². The Hall–Kier alpha value is -1.82. The summed E-state index contributed by atoms with van der Waals surface area (Å²) in [6, 6.07) is 4.64. The predicted octanol–water partition coefficient (Wildman–Crippen LogP) is 3.14. The van der Waals surface area contributed by atoms with E-state index >= 15 is 0 Å². The molecule has 0 aliphatic carbocycles. The van der Waals surface area contributed by atoms with Crippen molar-refractivity contribution < 1.29 is 9.13 Å². The molecule has 0 saturated heterocycles. The standard InChI is InChI=1S/C13H14FN3OS/c1-2-5-18-11-7-12(10(15)6-9(11)14)19-13-3-4-16-8-17-13/h3-4,6-8H,2,5,15H2,1H3. The molecule has 6 heteroatoms. The number of nitrogens with zero attached hydrogens (tertiary/aromatic N) is 2. The summed E-state index contributed by atoms with van der Waals surface area (Å²) >= 11 is 1.35. The van der Waals surface area contributed by atoms with Crippen LogP contribution in [0.4, 0.5) is 10.1 Å². The van der Waals surface area contributed by atoms with E-state index in [-0.39, 0.29) is 5.75 Å². The van der Waals surface area contributed by atoms with Crippen LogP contribution >= 0.6 is 11.8 Å². The lowest BCUT2D eigenvalue weighted by molar-refractivity contribution is 0.300. The summed E-state index contributed by atoms with van der Waals surface area (Å²) in [5.74, 6) is -0.231. The quantitative estimate of drug-likeness (QED) is 0.673. The highest BCUT2D eigenvalue weighted by atomic mass is 32.2. The minimum Gasteiger partial charge on any atom is -0.490 e. The van der Waals surface area contributed by atoms with Crippen molar-refractivity contribution in [3.05, 3.63) is 36.5 Å². The third-order valence-electron chi connectivity index (χ3n) is 2.30. The molecule has 0 aliphatic rings. The van der Waals surface area contributed by atoms with E-state index in [1.807, 2.05) is 6.92 Å². The summed E-state index contributed by atoms with van der Waals surface area (Å²) in [6.07, 6.45) is 3.91. The summed E-state index contributed by atoms with van der Waals surface area (Å²) in [5.41, 5.74) is 6.17. The van der Waals surface area contributed by atoms with Crippen LogP contribution in [0.1, 0.15) is 13.3 Å². The van der Waals surface area contributed by atoms with Gasteiger partial charge in [-0.1, -0.05) is 18.7 Å². The predicted molar refractivity (Wildman–Crippen MR) is 72.8 cm³/mol. The van der Waals surface area contributed by atoms with Crippen LogP contribution in [0, 0.1) is 5.82 Å². The van der Waals surface area contributed by atoms with Crippen LogP contribution in [0.5, 0.6) is 5.75 Å². The number of aromatic nitrogens is 2. The van der Waals surface area contributed by atoms with E-state index in [0.29, 0.717) is 17.2 Å². The molecule has 2 rings (SSSR count). The topological polar surface area (TPSA) is 61.0 Å². The number of halogens is 1. The van der Waals surface area contributed by atoms with E-state index in [9.17, 15) is 4.39 Å². The van der Waals surface area contributed by atoms with Gasteiger partial charge in [0.1, 0.15) is 11.4 Å². The summed E-state index contributed by atoms with van der Waals surface area (Å²) in [5, 5.41) is 0.745. The van der Waals surface area contributed by atoms with Crippen LogP contribution in [0.3, 0.4) is 0 Å². The number of hydrogen-bond acceptors (Lipinski definition) is 5. The summed E-state index contributed by atoms with van der Waals surface area (Å²) in [4.78, 5) is 8.65. The number of ether oxygens (including phenoxy) is 1. The number of anilines is 1. The smallest absolute Gasteiger partial charge is 0.167 e. The van der Waals surface area contributed by atoms with Gasteiger partial charge in [-0.25, -0.2) is 14.4 Å². The second kappa shape index (κ2) is 6.38. The second-order valence-corrected chi connectivity index (χ2v) is 4.88. The molecule has 4 nitrogen and oxygen atoms in total. The maximum atomic E-state index is 13.7. The molecule has 100 valence electrons. The molecule has 1 aromatic carbocycles. The Labute approximate surface area is 115 Å². The van der Waals surface area contributed by atoms with E-state index in [1.54, 1.807) is 18.3 Å². The Bertz CT molecular complexity index is 551. The molecular formula is C13H14FN3OS. The molecule has 0 saturated carbocycles. The van der Waals surface area contributed by atoms with Gasteiger partial charge < -0.3 is 10.5 Å². The Morgan fingerprint density at radius 3 is 2.95 bits per heavy atom. The van der Waals surface area contributed by atoms with Gasteiger partial charge in [0.25, 0.3) is 0 Å². The van der Waals surface area contributed by atoms with Crippen molar-refractivity contribution in [1.29, 1.82) is 0 Å². The Balaban J connectivity index is 2.24. The Morgan fingerprint density at radius 2 is 2.26 bits per heavy atom. The van der Waals surface area contributed by atoms with Gasteiger partial charge in [0, 0.05) is 22.8 Å². The first-order valence-corrected chi connectivity index (χ1v) is 6.68. The Morgan fingerprint density at radius 1 is 1.42 bits per heavy atom. The average molecular weight is 279 g/mol. The van der Waals surface area contributed by atoms with Crippen LogP contribution in [0.2, 0.25) is 0 Å². The molecule has 0 atom stereocenters. The van der Waals surface area contributed by atoms with Gasteiger partial charge in [-0.05, 0) is 18.6 Å². The monoisotopic (exact) mass is 279 g/mol. The van der Waals surface area contributed by atoms with Crippen LogP contribution in [-0.4, -0.2) is 16.6 Å². The summed E-state index contributed by atoms with van der Waals surface area (Å²) < 4.78 is 19.0. The molecule has 0 bridgehead atoms. The van der Waals surface area contributed by atoms with Crippen molar-refractivity contribution in [3.63, 3.8) is 0 Å². The van der Waals surface area contributed by atoms with Crippen LogP contribution in [0.15, 0.2) is 40.6 Å². The van der Waals surface area contributed by atoms with Crippen molar-refractivity contribution in [3.8, 4) is 5.75 Å². The highest BCUT2D eigenvalue weighted by Gasteiger charge is 2.10. The maximum absolute atomic E-state index is 13.7. The van der Waals surface area contributed by atoms with Crippen LogP contribution < -0.4 is 10.5 Å². The lowest BCUT2D eigenvalue weighted by Gasteiger charge is -2.10. The first-order valence-electron chi connectivity index (χ1n) is 5.86. The van der Waals surface area contributed by atoms with Crippen LogP contribution in [0.25, 0.3) is 0 Å². The zero-order valence-corrected chi connectivity index (χ0v) is 11.3. The average Bonchev–Trinajstić information content (AvgIpc) is 2.42. The van der Waals surface area contributed by atoms with E-state index in [4.69, 9.17) is 10.5 Å². The SMILES string of the molecule is CCCOc1cc(Sc2ccncn2)c(N)cc1F. The minimum atomic E-state index is -0.446. The molecule has 0 fully saturated rings. The summed E-state index contributed by atoms with van der Waals surface area (Å²) in [6.45, 7) is 2.43. The number of hydrogen-bond donors (Lipinski definition) is 1. The number of rotatable bonds is 5. The molecule has 1 heterocycles. The van der Waals surface area contributed by atoms with Crippen molar-refractivity contribution in [2.24, 2.45) is 0 Å². The number of nitrogen functional groups attached to an aromatic ring is 1. The lowest BCUT2D eigenvalue weighted by Crippen LogP contribution is -1.99. The molecule has 1 aromatic heterocycles. The van der Waals surface area contributed by atoms with Gasteiger partial charge in [0.05, 0.1) is 6.61 Å². The van der Waals surface area contributed by atoms with Gasteiger partial charge in [-0.3, -0.25) is 0 Å². The molecule has 0 amide bonds. The van der Waals surface area contributed by atoms with Crippen LogP contribution in [-0.2, 0) is 0 Å². The highest BCUT2D eigenvalue weighted by Crippen LogP contribution is 2.35. The van der Waals surface area contributed by atoms with Gasteiger partial charge >= 0.3 is 0 Å². The molecular weight excluding hydrogens is 265 g/mol. The molecule has 2 N–H and O–H groups in total. The minimum absolute atomic E-state index is 0.215. The highest BCUT2D eigenvalue weighted by molar-refractivity contribution is 7.99. The number of nitrogens with two attached hydrogens (primary N) is 1. The van der Waals surface area contributed by atoms with Crippen molar-refractivity contribution in [2.45, 2.75) is 23.3 Å². The fraction of sp³-hybridized carbons (Fsp3) is 0.231. The Kier molecular flexibility index (Phi) is 4.57. The maximum Gasteiger partial charge on any atom is 0.167 e. The van der Waals surface area contributed by atoms with E-state index < -0.39 is 5.82 Å². The lowest BCUT2D eigenvalue weighted by atomic mass is 10.3. The molecule has 0 aliphatic heterocycles. The summed E-state index contributed by atoms with van der Waals surface area (Å²) in [7, 11) is 0. The van der Waals surface area contributed by atoms with E-state index in [2.05, 4.69) is 9.97 Å². The van der Waals surface area contributed by atoms with E-state index in [1.165, 1.54) is 24.2 Å². The second-order valence-electron chi connectivity index (χ2n) is 3.82. The largest absolute Gasteiger partial charge is 0.490 e. The van der Waals surface area contributed by atoms with Crippen molar-refractivity contribution in [2.75, 3.05) is 12.3 Å². The third kappa shape index (κ3) is 3.57. The molecule has 19 heavy (non-hydrogen) atoms. The van der Waals surface area contributed by atoms with E-state index in [0.717, 1.165) is 11.4 Å². The van der Waals surface area contributed by atoms with Gasteiger partial charge in [-0.2, -0.15) is 0 Å². The molecule has 0 spiro atoms. The molecule has 0 radical (unpaired) electrons. The zero-order chi connectivity index (χ0) is 13.7. The third-order valence-corrected chi connectivity index (χ3v) is 3.32. The fourth-order valence-corrected chi connectivity index (χ4v) is 2.21. The molecule has 2 aromatic rings. The first-order chi connectivity index (χ1) is 9.20. The fourth-order valence-electron chi connectivity index (χ4n) is 1.41. The van der Waals surface area contributed by atoms with Gasteiger partial charge in [0.15, 0.2) is 11.6 Å². The van der Waals surface area contributed by atoms with Crippen molar-refractivity contribution >= 4 is 17.4 Å². The van der Waals surface area contributed by atoms with Gasteiger partial charge in [0.2, 0.25) is 0 Å². The normalized spacial score (nSPS) is 10.4. The zero-order valence-electron chi connectivity index (χ0n) is 10.5.